The molecule has 0 aromatic heterocycles. The third-order valence-corrected chi connectivity index (χ3v) is 3.30. The van der Waals surface area contributed by atoms with Crippen LogP contribution in [0.15, 0.2) is 0 Å². The van der Waals surface area contributed by atoms with Crippen LogP contribution in [-0.4, -0.2) is 37.4 Å². The molecule has 0 aliphatic heterocycles. The molecule has 1 rings (SSSR count). The van der Waals surface area contributed by atoms with Gasteiger partial charge in [0.2, 0.25) is 0 Å². The SMILES string of the molecule is COCC(NCC1CCCC1C)C(=O)O. The Balaban J connectivity index is 2.29. The standard InChI is InChI=1S/C11H21NO3/c1-8-4-3-5-9(8)6-12-10(7-15-2)11(13)14/h8-10,12H,3-7H2,1-2H3,(H,13,14). The summed E-state index contributed by atoms with van der Waals surface area (Å²) >= 11 is 0. The van der Waals surface area contributed by atoms with E-state index in [1.165, 1.54) is 26.4 Å². The smallest absolute Gasteiger partial charge is 0.323 e. The number of hydrogen-bond donors (Lipinski definition) is 2. The minimum Gasteiger partial charge on any atom is -0.480 e. The second kappa shape index (κ2) is 6.08. The molecule has 0 spiro atoms. The van der Waals surface area contributed by atoms with Gasteiger partial charge in [-0.05, 0) is 24.8 Å². The number of carboxylic acid groups (broad SMARTS) is 1. The van der Waals surface area contributed by atoms with Gasteiger partial charge in [0.1, 0.15) is 6.04 Å². The summed E-state index contributed by atoms with van der Waals surface area (Å²) in [4.78, 5) is 10.8. The molecule has 0 heterocycles. The number of ether oxygens (including phenoxy) is 1. The van der Waals surface area contributed by atoms with E-state index in [0.717, 1.165) is 12.5 Å². The summed E-state index contributed by atoms with van der Waals surface area (Å²) in [5, 5.41) is 12.0. The van der Waals surface area contributed by atoms with Gasteiger partial charge in [0.05, 0.1) is 6.61 Å². The quantitative estimate of drug-likeness (QED) is 0.697. The summed E-state index contributed by atoms with van der Waals surface area (Å²) in [5.74, 6) is 0.515. The molecule has 4 heteroatoms. The first-order valence-electron chi connectivity index (χ1n) is 5.60. The fraction of sp³-hybridized carbons (Fsp3) is 0.909. The molecule has 0 bridgehead atoms. The largest absolute Gasteiger partial charge is 0.480 e. The van der Waals surface area contributed by atoms with E-state index in [4.69, 9.17) is 9.84 Å². The lowest BCUT2D eigenvalue weighted by Gasteiger charge is -2.19. The number of methoxy groups -OCH3 is 1. The van der Waals surface area contributed by atoms with E-state index in [-0.39, 0.29) is 6.61 Å². The number of carbonyl (C=O) groups is 1. The number of nitrogens with one attached hydrogen (secondary N) is 1. The Labute approximate surface area is 91.0 Å². The number of hydrogen-bond acceptors (Lipinski definition) is 3. The Bertz CT molecular complexity index is 208. The van der Waals surface area contributed by atoms with E-state index in [1.807, 2.05) is 0 Å². The van der Waals surface area contributed by atoms with Gasteiger partial charge in [-0.2, -0.15) is 0 Å². The molecule has 1 fully saturated rings. The van der Waals surface area contributed by atoms with Crippen molar-refractivity contribution in [3.8, 4) is 0 Å². The van der Waals surface area contributed by atoms with Crippen LogP contribution in [0.1, 0.15) is 26.2 Å². The Hall–Kier alpha value is -0.610. The maximum Gasteiger partial charge on any atom is 0.323 e. The van der Waals surface area contributed by atoms with Crippen molar-refractivity contribution in [2.75, 3.05) is 20.3 Å². The fourth-order valence-electron chi connectivity index (χ4n) is 2.20. The lowest BCUT2D eigenvalue weighted by molar-refractivity contribution is -0.140. The Morgan fingerprint density at radius 1 is 1.60 bits per heavy atom. The zero-order valence-corrected chi connectivity index (χ0v) is 9.53. The van der Waals surface area contributed by atoms with Gasteiger partial charge < -0.3 is 15.2 Å². The minimum atomic E-state index is -0.831. The van der Waals surface area contributed by atoms with E-state index >= 15 is 0 Å². The third-order valence-electron chi connectivity index (χ3n) is 3.30. The molecule has 1 aliphatic carbocycles. The summed E-state index contributed by atoms with van der Waals surface area (Å²) in [6, 6.07) is -0.567. The van der Waals surface area contributed by atoms with Crippen molar-refractivity contribution in [2.24, 2.45) is 11.8 Å². The van der Waals surface area contributed by atoms with Gasteiger partial charge in [-0.25, -0.2) is 0 Å². The molecule has 3 atom stereocenters. The molecular formula is C11H21NO3. The highest BCUT2D eigenvalue weighted by atomic mass is 16.5. The van der Waals surface area contributed by atoms with Crippen molar-refractivity contribution in [3.63, 3.8) is 0 Å². The van der Waals surface area contributed by atoms with Gasteiger partial charge in [-0.3, -0.25) is 4.79 Å². The molecule has 88 valence electrons. The summed E-state index contributed by atoms with van der Waals surface area (Å²) in [7, 11) is 1.52. The van der Waals surface area contributed by atoms with Crippen LogP contribution in [0.25, 0.3) is 0 Å². The topological polar surface area (TPSA) is 58.6 Å². The average Bonchev–Trinajstić information content (AvgIpc) is 2.58. The van der Waals surface area contributed by atoms with Crippen LogP contribution in [0, 0.1) is 11.8 Å². The molecule has 0 saturated heterocycles. The maximum atomic E-state index is 10.8. The van der Waals surface area contributed by atoms with E-state index in [9.17, 15) is 4.79 Å². The van der Waals surface area contributed by atoms with Gasteiger partial charge in [-0.15, -0.1) is 0 Å². The molecule has 0 aromatic rings. The second-order valence-corrected chi connectivity index (χ2v) is 4.42. The van der Waals surface area contributed by atoms with Crippen LogP contribution in [0.4, 0.5) is 0 Å². The van der Waals surface area contributed by atoms with Gasteiger partial charge in [0.25, 0.3) is 0 Å². The van der Waals surface area contributed by atoms with E-state index in [0.29, 0.717) is 5.92 Å². The van der Waals surface area contributed by atoms with Crippen LogP contribution < -0.4 is 5.32 Å². The van der Waals surface area contributed by atoms with E-state index < -0.39 is 12.0 Å². The van der Waals surface area contributed by atoms with Crippen LogP contribution in [0.2, 0.25) is 0 Å². The Kier molecular flexibility index (Phi) is 5.05. The lowest BCUT2D eigenvalue weighted by Crippen LogP contribution is -2.42. The highest BCUT2D eigenvalue weighted by Crippen LogP contribution is 2.30. The first-order valence-corrected chi connectivity index (χ1v) is 5.60. The predicted molar refractivity (Wildman–Crippen MR) is 57.8 cm³/mol. The van der Waals surface area contributed by atoms with Crippen molar-refractivity contribution in [3.05, 3.63) is 0 Å². The van der Waals surface area contributed by atoms with Gasteiger partial charge >= 0.3 is 5.97 Å². The number of rotatable bonds is 6. The van der Waals surface area contributed by atoms with Gasteiger partial charge in [-0.1, -0.05) is 19.8 Å². The molecule has 0 radical (unpaired) electrons. The first-order chi connectivity index (χ1) is 7.15. The molecule has 1 aliphatic rings. The molecule has 2 N–H and O–H groups in total. The summed E-state index contributed by atoms with van der Waals surface area (Å²) < 4.78 is 4.86. The Morgan fingerprint density at radius 3 is 2.80 bits per heavy atom. The maximum absolute atomic E-state index is 10.8. The minimum absolute atomic E-state index is 0.233. The zero-order chi connectivity index (χ0) is 11.3. The number of carboxylic acids is 1. The molecule has 0 amide bonds. The van der Waals surface area contributed by atoms with Crippen LogP contribution >= 0.6 is 0 Å². The first kappa shape index (κ1) is 12.5. The molecular weight excluding hydrogens is 194 g/mol. The summed E-state index contributed by atoms with van der Waals surface area (Å²) in [5.41, 5.74) is 0. The molecule has 3 unspecified atom stereocenters. The average molecular weight is 215 g/mol. The third kappa shape index (κ3) is 3.80. The van der Waals surface area contributed by atoms with Gasteiger partial charge in [0.15, 0.2) is 0 Å². The fourth-order valence-corrected chi connectivity index (χ4v) is 2.20. The van der Waals surface area contributed by atoms with Crippen molar-refractivity contribution < 1.29 is 14.6 Å². The van der Waals surface area contributed by atoms with E-state index in [1.54, 1.807) is 0 Å². The highest BCUT2D eigenvalue weighted by molar-refractivity contribution is 5.73. The molecule has 0 aromatic carbocycles. The molecule has 15 heavy (non-hydrogen) atoms. The van der Waals surface area contributed by atoms with Crippen molar-refractivity contribution >= 4 is 5.97 Å². The van der Waals surface area contributed by atoms with Crippen LogP contribution in [0.5, 0.6) is 0 Å². The van der Waals surface area contributed by atoms with E-state index in [2.05, 4.69) is 12.2 Å². The zero-order valence-electron chi connectivity index (χ0n) is 9.53. The van der Waals surface area contributed by atoms with Crippen molar-refractivity contribution in [1.82, 2.24) is 5.32 Å². The van der Waals surface area contributed by atoms with Crippen molar-refractivity contribution in [1.29, 1.82) is 0 Å². The molecule has 1 saturated carbocycles. The van der Waals surface area contributed by atoms with Gasteiger partial charge in [0, 0.05) is 7.11 Å². The monoisotopic (exact) mass is 215 g/mol. The number of aliphatic carboxylic acids is 1. The van der Waals surface area contributed by atoms with Crippen molar-refractivity contribution in [2.45, 2.75) is 32.2 Å². The summed E-state index contributed by atoms with van der Waals surface area (Å²) in [6.07, 6.45) is 3.76. The Morgan fingerprint density at radius 2 is 2.33 bits per heavy atom. The van der Waals surface area contributed by atoms with Crippen LogP contribution in [-0.2, 0) is 9.53 Å². The predicted octanol–water partition coefficient (Wildman–Crippen LogP) is 1.11. The summed E-state index contributed by atoms with van der Waals surface area (Å²) in [6.45, 7) is 3.27. The molecule has 4 nitrogen and oxygen atoms in total. The normalized spacial score (nSPS) is 27.9. The van der Waals surface area contributed by atoms with Crippen LogP contribution in [0.3, 0.4) is 0 Å². The lowest BCUT2D eigenvalue weighted by atomic mass is 9.98. The second-order valence-electron chi connectivity index (χ2n) is 4.42. The highest BCUT2D eigenvalue weighted by Gasteiger charge is 2.25.